The highest BCUT2D eigenvalue weighted by Gasteiger charge is 2.13. The molecule has 1 heterocycles. The fraction of sp³-hybridized carbons (Fsp3) is 0.278. The number of tetrazole rings is 1. The maximum absolute atomic E-state index is 4.16. The summed E-state index contributed by atoms with van der Waals surface area (Å²) in [6.45, 7) is 5.16. The second kappa shape index (κ2) is 6.60. The standard InChI is InChI=1S/C18H21N5/c1-14(2)16-11-9-15(10-12-16)13-22(3)18-19-20-21-23(18)17-7-5-4-6-8-17/h4-12,14H,13H2,1-3H3. The number of hydrogen-bond acceptors (Lipinski definition) is 4. The van der Waals surface area contributed by atoms with E-state index in [1.54, 1.807) is 4.68 Å². The van der Waals surface area contributed by atoms with Gasteiger partial charge in [-0.25, -0.2) is 0 Å². The Kier molecular flexibility index (Phi) is 4.37. The lowest BCUT2D eigenvalue weighted by Crippen LogP contribution is -2.20. The van der Waals surface area contributed by atoms with Crippen molar-refractivity contribution in [3.63, 3.8) is 0 Å². The van der Waals surface area contributed by atoms with E-state index in [4.69, 9.17) is 0 Å². The molecular formula is C18H21N5. The van der Waals surface area contributed by atoms with Crippen molar-refractivity contribution in [2.75, 3.05) is 11.9 Å². The van der Waals surface area contributed by atoms with Crippen LogP contribution in [0.4, 0.5) is 5.95 Å². The van der Waals surface area contributed by atoms with Gasteiger partial charge in [0, 0.05) is 13.6 Å². The third kappa shape index (κ3) is 3.39. The third-order valence-electron chi connectivity index (χ3n) is 3.86. The zero-order valence-corrected chi connectivity index (χ0v) is 13.7. The second-order valence-electron chi connectivity index (χ2n) is 5.98. The Bertz CT molecular complexity index is 747. The van der Waals surface area contributed by atoms with Gasteiger partial charge in [-0.3, -0.25) is 0 Å². The topological polar surface area (TPSA) is 46.8 Å². The number of para-hydroxylation sites is 1. The predicted octanol–water partition coefficient (Wildman–Crippen LogP) is 3.42. The molecule has 3 aromatic rings. The Morgan fingerprint density at radius 1 is 1.00 bits per heavy atom. The van der Waals surface area contributed by atoms with Gasteiger partial charge in [0.2, 0.25) is 5.95 Å². The zero-order chi connectivity index (χ0) is 16.2. The SMILES string of the molecule is CC(C)c1ccc(CN(C)c2nnnn2-c2ccccc2)cc1. The van der Waals surface area contributed by atoms with E-state index >= 15 is 0 Å². The highest BCUT2D eigenvalue weighted by atomic mass is 15.6. The summed E-state index contributed by atoms with van der Waals surface area (Å²) in [5, 5.41) is 12.1. The molecule has 0 aliphatic heterocycles. The molecule has 0 radical (unpaired) electrons. The van der Waals surface area contributed by atoms with Crippen LogP contribution in [0.1, 0.15) is 30.9 Å². The van der Waals surface area contributed by atoms with Crippen molar-refractivity contribution in [1.82, 2.24) is 20.2 Å². The highest BCUT2D eigenvalue weighted by Crippen LogP contribution is 2.18. The van der Waals surface area contributed by atoms with Gasteiger partial charge < -0.3 is 4.90 Å². The van der Waals surface area contributed by atoms with E-state index in [0.717, 1.165) is 18.2 Å². The maximum atomic E-state index is 4.16. The van der Waals surface area contributed by atoms with Gasteiger partial charge in [0.05, 0.1) is 5.69 Å². The van der Waals surface area contributed by atoms with Crippen LogP contribution in [-0.2, 0) is 6.54 Å². The minimum atomic E-state index is 0.548. The Labute approximate surface area is 136 Å². The summed E-state index contributed by atoms with van der Waals surface area (Å²) in [5.74, 6) is 1.27. The first-order valence-electron chi connectivity index (χ1n) is 7.79. The molecule has 118 valence electrons. The Morgan fingerprint density at radius 3 is 2.35 bits per heavy atom. The first-order valence-corrected chi connectivity index (χ1v) is 7.79. The molecular weight excluding hydrogens is 286 g/mol. The van der Waals surface area contributed by atoms with E-state index in [2.05, 4.69) is 58.5 Å². The number of rotatable bonds is 5. The van der Waals surface area contributed by atoms with Crippen LogP contribution < -0.4 is 4.90 Å². The number of anilines is 1. The van der Waals surface area contributed by atoms with E-state index < -0.39 is 0 Å². The van der Waals surface area contributed by atoms with E-state index in [-0.39, 0.29) is 0 Å². The van der Waals surface area contributed by atoms with Gasteiger partial charge in [-0.05, 0) is 39.6 Å². The normalized spacial score (nSPS) is 11.0. The minimum Gasteiger partial charge on any atom is -0.338 e. The van der Waals surface area contributed by atoms with Crippen molar-refractivity contribution in [1.29, 1.82) is 0 Å². The summed E-state index contributed by atoms with van der Waals surface area (Å²) in [6.07, 6.45) is 0. The molecule has 5 nitrogen and oxygen atoms in total. The zero-order valence-electron chi connectivity index (χ0n) is 13.7. The molecule has 1 aromatic heterocycles. The molecule has 0 atom stereocenters. The van der Waals surface area contributed by atoms with Crippen molar-refractivity contribution < 1.29 is 0 Å². The first kappa shape index (κ1) is 15.2. The molecule has 3 rings (SSSR count). The molecule has 0 amide bonds. The predicted molar refractivity (Wildman–Crippen MR) is 91.8 cm³/mol. The van der Waals surface area contributed by atoms with Gasteiger partial charge >= 0.3 is 0 Å². The van der Waals surface area contributed by atoms with Crippen molar-refractivity contribution in [3.05, 3.63) is 65.7 Å². The van der Waals surface area contributed by atoms with Gasteiger partial charge in [-0.2, -0.15) is 4.68 Å². The Balaban J connectivity index is 1.79. The fourth-order valence-electron chi connectivity index (χ4n) is 2.51. The Morgan fingerprint density at radius 2 is 1.70 bits per heavy atom. The number of nitrogens with zero attached hydrogens (tertiary/aromatic N) is 5. The van der Waals surface area contributed by atoms with Gasteiger partial charge in [0.1, 0.15) is 0 Å². The van der Waals surface area contributed by atoms with Crippen LogP contribution in [0.3, 0.4) is 0 Å². The maximum Gasteiger partial charge on any atom is 0.250 e. The molecule has 0 N–H and O–H groups in total. The molecule has 0 aliphatic carbocycles. The summed E-state index contributed by atoms with van der Waals surface area (Å²) >= 11 is 0. The first-order chi connectivity index (χ1) is 11.1. The molecule has 0 saturated heterocycles. The number of benzene rings is 2. The summed E-state index contributed by atoms with van der Waals surface area (Å²) in [7, 11) is 2.00. The van der Waals surface area contributed by atoms with Crippen LogP contribution in [-0.4, -0.2) is 27.3 Å². The number of hydrogen-bond donors (Lipinski definition) is 0. The fourth-order valence-corrected chi connectivity index (χ4v) is 2.51. The van der Waals surface area contributed by atoms with Gasteiger partial charge in [0.15, 0.2) is 0 Å². The lowest BCUT2D eigenvalue weighted by molar-refractivity contribution is 0.771. The smallest absolute Gasteiger partial charge is 0.250 e. The molecule has 5 heteroatoms. The molecule has 0 saturated carbocycles. The van der Waals surface area contributed by atoms with Crippen LogP contribution in [0, 0.1) is 0 Å². The van der Waals surface area contributed by atoms with Crippen LogP contribution >= 0.6 is 0 Å². The van der Waals surface area contributed by atoms with Crippen LogP contribution in [0.5, 0.6) is 0 Å². The average molecular weight is 307 g/mol. The van der Waals surface area contributed by atoms with E-state index in [9.17, 15) is 0 Å². The largest absolute Gasteiger partial charge is 0.338 e. The van der Waals surface area contributed by atoms with Crippen molar-refractivity contribution in [3.8, 4) is 5.69 Å². The Hall–Kier alpha value is -2.69. The highest BCUT2D eigenvalue weighted by molar-refractivity contribution is 5.40. The molecule has 0 bridgehead atoms. The second-order valence-corrected chi connectivity index (χ2v) is 5.98. The van der Waals surface area contributed by atoms with Crippen molar-refractivity contribution >= 4 is 5.95 Å². The summed E-state index contributed by atoms with van der Waals surface area (Å²) < 4.78 is 1.75. The van der Waals surface area contributed by atoms with Gasteiger partial charge in [-0.15, -0.1) is 0 Å². The number of aromatic nitrogens is 4. The van der Waals surface area contributed by atoms with Crippen LogP contribution in [0.2, 0.25) is 0 Å². The molecule has 2 aromatic carbocycles. The lowest BCUT2D eigenvalue weighted by Gasteiger charge is -2.18. The molecule has 0 aliphatic rings. The monoisotopic (exact) mass is 307 g/mol. The summed E-state index contributed by atoms with van der Waals surface area (Å²) in [5.41, 5.74) is 3.54. The quantitative estimate of drug-likeness (QED) is 0.724. The van der Waals surface area contributed by atoms with Crippen LogP contribution in [0.15, 0.2) is 54.6 Å². The minimum absolute atomic E-state index is 0.548. The molecule has 0 unspecified atom stereocenters. The van der Waals surface area contributed by atoms with Crippen LogP contribution in [0.25, 0.3) is 5.69 Å². The summed E-state index contributed by atoms with van der Waals surface area (Å²) in [4.78, 5) is 2.05. The average Bonchev–Trinajstić information content (AvgIpc) is 3.06. The van der Waals surface area contributed by atoms with Crippen molar-refractivity contribution in [2.24, 2.45) is 0 Å². The van der Waals surface area contributed by atoms with E-state index in [1.807, 2.05) is 37.4 Å². The van der Waals surface area contributed by atoms with E-state index in [0.29, 0.717) is 5.92 Å². The van der Waals surface area contributed by atoms with Crippen molar-refractivity contribution in [2.45, 2.75) is 26.3 Å². The van der Waals surface area contributed by atoms with E-state index in [1.165, 1.54) is 11.1 Å². The summed E-state index contributed by atoms with van der Waals surface area (Å²) in [6, 6.07) is 18.6. The molecule has 23 heavy (non-hydrogen) atoms. The van der Waals surface area contributed by atoms with Gasteiger partial charge in [-0.1, -0.05) is 61.4 Å². The lowest BCUT2D eigenvalue weighted by atomic mass is 10.0. The van der Waals surface area contributed by atoms with Gasteiger partial charge in [0.25, 0.3) is 0 Å². The third-order valence-corrected chi connectivity index (χ3v) is 3.86. The molecule has 0 spiro atoms. The molecule has 0 fully saturated rings.